The van der Waals surface area contributed by atoms with Crippen LogP contribution in [-0.2, 0) is 24.2 Å². The normalized spacial score (nSPS) is 13.8. The molecule has 1 aliphatic heterocycles. The molecule has 0 atom stereocenters. The minimum absolute atomic E-state index is 0.0631. The number of fused-ring (bicyclic) bond motifs is 2. The lowest BCUT2D eigenvalue weighted by atomic mass is 10.1. The van der Waals surface area contributed by atoms with Crippen LogP contribution in [0.4, 0.5) is 0 Å². The summed E-state index contributed by atoms with van der Waals surface area (Å²) >= 11 is 0. The third-order valence-corrected chi connectivity index (χ3v) is 5.27. The maximum atomic E-state index is 12.6. The van der Waals surface area contributed by atoms with E-state index in [1.807, 2.05) is 0 Å². The fraction of sp³-hybridized carbons (Fsp3) is 0.400. The van der Waals surface area contributed by atoms with Crippen LogP contribution in [0.25, 0.3) is 11.0 Å². The Kier molecular flexibility index (Phi) is 4.30. The van der Waals surface area contributed by atoms with Crippen LogP contribution in [-0.4, -0.2) is 37.3 Å². The second-order valence-corrected chi connectivity index (χ2v) is 7.28. The molecule has 3 heterocycles. The van der Waals surface area contributed by atoms with Crippen LogP contribution < -0.4 is 5.56 Å². The highest BCUT2D eigenvalue weighted by Crippen LogP contribution is 2.19. The third-order valence-electron chi connectivity index (χ3n) is 5.27. The number of carbonyl (C=O) groups is 1. The lowest BCUT2D eigenvalue weighted by molar-refractivity contribution is -0.132. The molecule has 0 radical (unpaired) electrons. The van der Waals surface area contributed by atoms with Crippen molar-refractivity contribution >= 4 is 16.9 Å². The maximum Gasteiger partial charge on any atom is 0.254 e. The van der Waals surface area contributed by atoms with Crippen LogP contribution >= 0.6 is 0 Å². The van der Waals surface area contributed by atoms with Crippen molar-refractivity contribution in [2.45, 2.75) is 46.6 Å². The molecule has 0 aliphatic carbocycles. The van der Waals surface area contributed by atoms with Gasteiger partial charge in [0.1, 0.15) is 11.6 Å². The lowest BCUT2D eigenvalue weighted by Crippen LogP contribution is -2.39. The van der Waals surface area contributed by atoms with E-state index in [1.54, 1.807) is 11.8 Å². The molecule has 0 saturated carbocycles. The first-order chi connectivity index (χ1) is 12.9. The maximum absolute atomic E-state index is 12.6. The number of nitrogens with zero attached hydrogens (tertiary/aromatic N) is 3. The Labute approximate surface area is 156 Å². The third kappa shape index (κ3) is 3.37. The number of amides is 1. The van der Waals surface area contributed by atoms with Gasteiger partial charge in [-0.25, -0.2) is 9.97 Å². The van der Waals surface area contributed by atoms with E-state index in [0.717, 1.165) is 16.9 Å². The Morgan fingerprint density at radius 3 is 2.74 bits per heavy atom. The zero-order chi connectivity index (χ0) is 19.1. The summed E-state index contributed by atoms with van der Waals surface area (Å²) < 4.78 is 0. The standard InChI is InChI=1S/C20H23N5O2/c1-11-8-15-16(9-12(11)2)24-18(23-15)4-5-19(26)25-7-6-14-17(10-25)21-13(3)22-20(14)27/h8-9H,4-7,10H2,1-3H3,(H,23,24)(H,21,22,27). The smallest absolute Gasteiger partial charge is 0.254 e. The van der Waals surface area contributed by atoms with Crippen molar-refractivity contribution in [2.75, 3.05) is 6.54 Å². The van der Waals surface area contributed by atoms with E-state index < -0.39 is 0 Å². The molecule has 7 heteroatoms. The fourth-order valence-corrected chi connectivity index (χ4v) is 3.60. The summed E-state index contributed by atoms with van der Waals surface area (Å²) in [5.41, 5.74) is 5.70. The molecule has 1 aromatic carbocycles. The summed E-state index contributed by atoms with van der Waals surface area (Å²) in [6, 6.07) is 4.16. The number of benzene rings is 1. The largest absolute Gasteiger partial charge is 0.342 e. The molecule has 0 spiro atoms. The highest BCUT2D eigenvalue weighted by molar-refractivity contribution is 5.78. The van der Waals surface area contributed by atoms with Crippen molar-refractivity contribution in [1.82, 2.24) is 24.8 Å². The first kappa shape index (κ1) is 17.5. The number of hydrogen-bond acceptors (Lipinski definition) is 4. The van der Waals surface area contributed by atoms with Gasteiger partial charge < -0.3 is 14.9 Å². The van der Waals surface area contributed by atoms with Gasteiger partial charge in [-0.1, -0.05) is 0 Å². The fourth-order valence-electron chi connectivity index (χ4n) is 3.60. The van der Waals surface area contributed by atoms with Gasteiger partial charge >= 0.3 is 0 Å². The number of aryl methyl sites for hydroxylation is 4. The number of aromatic amines is 2. The minimum atomic E-state index is -0.0857. The second kappa shape index (κ2) is 6.64. The molecule has 3 aromatic rings. The average molecular weight is 365 g/mol. The Bertz CT molecular complexity index is 1060. The molecular weight excluding hydrogens is 342 g/mol. The van der Waals surface area contributed by atoms with Gasteiger partial charge in [0.2, 0.25) is 5.91 Å². The summed E-state index contributed by atoms with van der Waals surface area (Å²) in [4.78, 5) is 41.5. The molecule has 2 N–H and O–H groups in total. The summed E-state index contributed by atoms with van der Waals surface area (Å²) in [5, 5.41) is 0. The monoisotopic (exact) mass is 365 g/mol. The quantitative estimate of drug-likeness (QED) is 0.743. The number of H-pyrrole nitrogens is 2. The molecule has 140 valence electrons. The van der Waals surface area contributed by atoms with Crippen LogP contribution in [0.1, 0.15) is 40.5 Å². The Balaban J connectivity index is 1.45. The van der Waals surface area contributed by atoms with Crippen molar-refractivity contribution in [3.63, 3.8) is 0 Å². The molecule has 0 unspecified atom stereocenters. The minimum Gasteiger partial charge on any atom is -0.342 e. The summed E-state index contributed by atoms with van der Waals surface area (Å²) in [7, 11) is 0. The predicted octanol–water partition coefficient (Wildman–Crippen LogP) is 2.09. The Hall–Kier alpha value is -2.96. The molecule has 0 saturated heterocycles. The summed E-state index contributed by atoms with van der Waals surface area (Å²) in [6.45, 7) is 6.86. The topological polar surface area (TPSA) is 94.7 Å². The predicted molar refractivity (Wildman–Crippen MR) is 103 cm³/mol. The van der Waals surface area contributed by atoms with Crippen molar-refractivity contribution in [1.29, 1.82) is 0 Å². The van der Waals surface area contributed by atoms with E-state index in [2.05, 4.69) is 45.9 Å². The van der Waals surface area contributed by atoms with Gasteiger partial charge in [0.05, 0.1) is 23.3 Å². The van der Waals surface area contributed by atoms with Crippen molar-refractivity contribution in [3.05, 3.63) is 56.5 Å². The van der Waals surface area contributed by atoms with Gasteiger partial charge in [0.15, 0.2) is 0 Å². The second-order valence-electron chi connectivity index (χ2n) is 7.28. The zero-order valence-electron chi connectivity index (χ0n) is 15.8. The van der Waals surface area contributed by atoms with Gasteiger partial charge in [-0.3, -0.25) is 9.59 Å². The zero-order valence-corrected chi connectivity index (χ0v) is 15.8. The molecule has 0 bridgehead atoms. The van der Waals surface area contributed by atoms with Gasteiger partial charge in [-0.2, -0.15) is 0 Å². The summed E-state index contributed by atoms with van der Waals surface area (Å²) in [6.07, 6.45) is 1.50. The van der Waals surface area contributed by atoms with Crippen LogP contribution in [0, 0.1) is 20.8 Å². The average Bonchev–Trinajstić information content (AvgIpc) is 3.01. The van der Waals surface area contributed by atoms with E-state index in [-0.39, 0.29) is 11.5 Å². The molecule has 2 aromatic heterocycles. The molecular formula is C20H23N5O2. The van der Waals surface area contributed by atoms with Gasteiger partial charge in [0, 0.05) is 24.9 Å². The number of aromatic nitrogens is 4. The highest BCUT2D eigenvalue weighted by atomic mass is 16.2. The molecule has 27 heavy (non-hydrogen) atoms. The van der Waals surface area contributed by atoms with E-state index in [9.17, 15) is 9.59 Å². The lowest BCUT2D eigenvalue weighted by Gasteiger charge is -2.27. The van der Waals surface area contributed by atoms with Crippen LogP contribution in [0.15, 0.2) is 16.9 Å². The van der Waals surface area contributed by atoms with Gasteiger partial charge in [-0.05, 0) is 50.5 Å². The summed E-state index contributed by atoms with van der Waals surface area (Å²) in [5.74, 6) is 1.47. The number of carbonyl (C=O) groups excluding carboxylic acids is 1. The van der Waals surface area contributed by atoms with E-state index in [4.69, 9.17) is 0 Å². The first-order valence-corrected chi connectivity index (χ1v) is 9.23. The van der Waals surface area contributed by atoms with Crippen molar-refractivity contribution in [3.8, 4) is 0 Å². The van der Waals surface area contributed by atoms with E-state index >= 15 is 0 Å². The molecule has 7 nitrogen and oxygen atoms in total. The SMILES string of the molecule is Cc1nc2c(c(=O)[nH]1)CCN(C(=O)CCc1nc3cc(C)c(C)cc3[nH]1)C2. The van der Waals surface area contributed by atoms with Gasteiger partial charge in [0.25, 0.3) is 5.56 Å². The van der Waals surface area contributed by atoms with Crippen LogP contribution in [0.5, 0.6) is 0 Å². The highest BCUT2D eigenvalue weighted by Gasteiger charge is 2.24. The first-order valence-electron chi connectivity index (χ1n) is 9.23. The Morgan fingerprint density at radius 2 is 1.93 bits per heavy atom. The number of imidazole rings is 1. The Morgan fingerprint density at radius 1 is 1.15 bits per heavy atom. The van der Waals surface area contributed by atoms with Crippen LogP contribution in [0.2, 0.25) is 0 Å². The van der Waals surface area contributed by atoms with E-state index in [0.29, 0.717) is 49.4 Å². The number of hydrogen-bond donors (Lipinski definition) is 2. The molecule has 0 fully saturated rings. The van der Waals surface area contributed by atoms with E-state index in [1.165, 1.54) is 11.1 Å². The number of rotatable bonds is 3. The van der Waals surface area contributed by atoms with Crippen molar-refractivity contribution in [2.24, 2.45) is 0 Å². The van der Waals surface area contributed by atoms with Crippen molar-refractivity contribution < 1.29 is 4.79 Å². The number of nitrogens with one attached hydrogen (secondary N) is 2. The molecule has 1 amide bonds. The molecule has 4 rings (SSSR count). The van der Waals surface area contributed by atoms with Gasteiger partial charge in [-0.15, -0.1) is 0 Å². The van der Waals surface area contributed by atoms with Crippen LogP contribution in [0.3, 0.4) is 0 Å². The molecule has 1 aliphatic rings.